The van der Waals surface area contributed by atoms with Crippen molar-refractivity contribution in [2.24, 2.45) is 5.16 Å². The summed E-state index contributed by atoms with van der Waals surface area (Å²) in [6, 6.07) is 6.18. The maximum atomic E-state index is 11.8. The topological polar surface area (TPSA) is 82.0 Å². The Morgan fingerprint density at radius 1 is 1.25 bits per heavy atom. The van der Waals surface area contributed by atoms with Crippen LogP contribution in [-0.4, -0.2) is 26.7 Å². The van der Waals surface area contributed by atoms with Gasteiger partial charge in [-0.3, -0.25) is 9.08 Å². The van der Waals surface area contributed by atoms with Gasteiger partial charge in [0.15, 0.2) is 0 Å². The summed E-state index contributed by atoms with van der Waals surface area (Å²) in [4.78, 5) is 11.2. The third kappa shape index (κ3) is 5.00. The van der Waals surface area contributed by atoms with Crippen molar-refractivity contribution in [2.45, 2.75) is 32.1 Å². The zero-order valence-corrected chi connectivity index (χ0v) is 12.4. The van der Waals surface area contributed by atoms with Gasteiger partial charge >= 0.3 is 16.1 Å². The van der Waals surface area contributed by atoms with Crippen LogP contribution in [0.4, 0.5) is 0 Å². The summed E-state index contributed by atoms with van der Waals surface area (Å²) in [5.74, 6) is -0.481. The Morgan fingerprint density at radius 3 is 2.40 bits per heavy atom. The molecule has 0 fully saturated rings. The number of oxime groups is 1. The second-order valence-electron chi connectivity index (χ2n) is 4.15. The summed E-state index contributed by atoms with van der Waals surface area (Å²) < 4.78 is 32.9. The highest BCUT2D eigenvalue weighted by Crippen LogP contribution is 2.13. The molecular formula is C13H17NO5S. The van der Waals surface area contributed by atoms with Gasteiger partial charge in [-0.2, -0.15) is 8.42 Å². The zero-order valence-electron chi connectivity index (χ0n) is 11.6. The Bertz CT molecular complexity index is 590. The molecule has 1 rings (SSSR count). The number of esters is 1. The van der Waals surface area contributed by atoms with E-state index in [4.69, 9.17) is 4.74 Å². The Morgan fingerprint density at radius 2 is 1.85 bits per heavy atom. The van der Waals surface area contributed by atoms with Crippen LogP contribution in [0.3, 0.4) is 0 Å². The molecule has 6 nitrogen and oxygen atoms in total. The van der Waals surface area contributed by atoms with E-state index in [-0.39, 0.29) is 23.6 Å². The van der Waals surface area contributed by atoms with E-state index in [9.17, 15) is 13.2 Å². The molecule has 7 heteroatoms. The molecule has 0 unspecified atom stereocenters. The molecule has 0 aliphatic rings. The van der Waals surface area contributed by atoms with Crippen molar-refractivity contribution < 1.29 is 22.2 Å². The second-order valence-corrected chi connectivity index (χ2v) is 5.68. The number of hydrogen-bond acceptors (Lipinski definition) is 6. The molecule has 0 aliphatic carbocycles. The molecule has 0 bridgehead atoms. The Hall–Kier alpha value is -1.89. The number of rotatable bonds is 6. The van der Waals surface area contributed by atoms with Gasteiger partial charge in [0.05, 0.1) is 18.7 Å². The standard InChI is InChI=1S/C13H17NO5S/c1-4-18-13(15)9-11(3)14-19-20(16,17)12-7-5-10(2)6-8-12/h5-8H,4,9H2,1-3H3/b14-11+. The van der Waals surface area contributed by atoms with Gasteiger partial charge in [-0.25, -0.2) is 0 Å². The van der Waals surface area contributed by atoms with Crippen molar-refractivity contribution in [3.05, 3.63) is 29.8 Å². The van der Waals surface area contributed by atoms with Crippen LogP contribution in [0.25, 0.3) is 0 Å². The minimum Gasteiger partial charge on any atom is -0.466 e. The number of hydrogen-bond donors (Lipinski definition) is 0. The number of ether oxygens (including phenoxy) is 1. The highest BCUT2D eigenvalue weighted by molar-refractivity contribution is 7.86. The lowest BCUT2D eigenvalue weighted by Gasteiger charge is -2.04. The van der Waals surface area contributed by atoms with Crippen LogP contribution < -0.4 is 0 Å². The highest BCUT2D eigenvalue weighted by Gasteiger charge is 2.15. The molecule has 0 aromatic heterocycles. The lowest BCUT2D eigenvalue weighted by Crippen LogP contribution is -2.10. The molecule has 110 valence electrons. The number of nitrogens with zero attached hydrogens (tertiary/aromatic N) is 1. The first-order valence-corrected chi connectivity index (χ1v) is 7.45. The van der Waals surface area contributed by atoms with E-state index in [2.05, 4.69) is 9.44 Å². The van der Waals surface area contributed by atoms with E-state index in [0.717, 1.165) is 5.56 Å². The maximum absolute atomic E-state index is 11.8. The Labute approximate surface area is 118 Å². The van der Waals surface area contributed by atoms with Crippen molar-refractivity contribution >= 4 is 21.8 Å². The predicted octanol–water partition coefficient (Wildman–Crippen LogP) is 2.03. The average Bonchev–Trinajstić information content (AvgIpc) is 2.37. The second kappa shape index (κ2) is 7.04. The van der Waals surface area contributed by atoms with Crippen molar-refractivity contribution in [3.8, 4) is 0 Å². The first-order valence-electron chi connectivity index (χ1n) is 6.04. The molecule has 0 atom stereocenters. The van der Waals surface area contributed by atoms with Gasteiger partial charge in [0.2, 0.25) is 0 Å². The van der Waals surface area contributed by atoms with Crippen LogP contribution in [0, 0.1) is 6.92 Å². The van der Waals surface area contributed by atoms with Gasteiger partial charge < -0.3 is 4.74 Å². The van der Waals surface area contributed by atoms with Crippen LogP contribution in [-0.2, 0) is 23.9 Å². The minimum absolute atomic E-state index is 0.00999. The van der Waals surface area contributed by atoms with Crippen LogP contribution in [0.2, 0.25) is 0 Å². The van der Waals surface area contributed by atoms with E-state index in [0.29, 0.717) is 0 Å². The molecular weight excluding hydrogens is 282 g/mol. The molecule has 20 heavy (non-hydrogen) atoms. The van der Waals surface area contributed by atoms with Gasteiger partial charge in [-0.1, -0.05) is 22.9 Å². The van der Waals surface area contributed by atoms with Crippen molar-refractivity contribution in [3.63, 3.8) is 0 Å². The molecule has 0 aliphatic heterocycles. The smallest absolute Gasteiger partial charge is 0.358 e. The summed E-state index contributed by atoms with van der Waals surface area (Å²) in [7, 11) is -3.96. The molecule has 0 radical (unpaired) electrons. The summed E-state index contributed by atoms with van der Waals surface area (Å²) in [5.41, 5.74) is 1.16. The van der Waals surface area contributed by atoms with Crippen molar-refractivity contribution in [2.75, 3.05) is 6.61 Å². The zero-order chi connectivity index (χ0) is 15.2. The van der Waals surface area contributed by atoms with Gasteiger partial charge in [-0.05, 0) is 32.9 Å². The number of carbonyl (C=O) groups is 1. The maximum Gasteiger partial charge on any atom is 0.358 e. The molecule has 1 aromatic carbocycles. The average molecular weight is 299 g/mol. The fraction of sp³-hybridized carbons (Fsp3) is 0.385. The van der Waals surface area contributed by atoms with E-state index in [1.165, 1.54) is 19.1 Å². The Kier molecular flexibility index (Phi) is 5.69. The summed E-state index contributed by atoms with van der Waals surface area (Å²) in [5, 5.41) is 3.44. The van der Waals surface area contributed by atoms with Crippen LogP contribution in [0.5, 0.6) is 0 Å². The largest absolute Gasteiger partial charge is 0.466 e. The van der Waals surface area contributed by atoms with Gasteiger partial charge in [0, 0.05) is 0 Å². The quantitative estimate of drug-likeness (QED) is 0.456. The number of aryl methyl sites for hydroxylation is 1. The first kappa shape index (κ1) is 16.2. The van der Waals surface area contributed by atoms with Crippen molar-refractivity contribution in [1.82, 2.24) is 0 Å². The fourth-order valence-electron chi connectivity index (χ4n) is 1.31. The van der Waals surface area contributed by atoms with Gasteiger partial charge in [0.1, 0.15) is 4.90 Å². The minimum atomic E-state index is -3.96. The van der Waals surface area contributed by atoms with E-state index in [1.807, 2.05) is 6.92 Å². The molecule has 0 heterocycles. The molecule has 0 spiro atoms. The molecule has 0 saturated carbocycles. The summed E-state index contributed by atoms with van der Waals surface area (Å²) in [6.07, 6.45) is -0.114. The summed E-state index contributed by atoms with van der Waals surface area (Å²) >= 11 is 0. The number of carbonyl (C=O) groups excluding carboxylic acids is 1. The Balaban J connectivity index is 2.72. The van der Waals surface area contributed by atoms with Crippen LogP contribution in [0.15, 0.2) is 34.3 Å². The molecule has 0 N–H and O–H groups in total. The number of benzene rings is 1. The highest BCUT2D eigenvalue weighted by atomic mass is 32.2. The monoisotopic (exact) mass is 299 g/mol. The van der Waals surface area contributed by atoms with Gasteiger partial charge in [-0.15, -0.1) is 0 Å². The van der Waals surface area contributed by atoms with Gasteiger partial charge in [0.25, 0.3) is 0 Å². The van der Waals surface area contributed by atoms with Crippen molar-refractivity contribution in [1.29, 1.82) is 0 Å². The molecule has 0 amide bonds. The van der Waals surface area contributed by atoms with E-state index < -0.39 is 16.1 Å². The third-order valence-corrected chi connectivity index (χ3v) is 3.43. The summed E-state index contributed by atoms with van der Waals surface area (Å²) in [6.45, 7) is 5.28. The third-order valence-electron chi connectivity index (χ3n) is 2.31. The predicted molar refractivity (Wildman–Crippen MR) is 73.8 cm³/mol. The van der Waals surface area contributed by atoms with E-state index in [1.54, 1.807) is 19.1 Å². The normalized spacial score (nSPS) is 12.1. The molecule has 1 aromatic rings. The lowest BCUT2D eigenvalue weighted by atomic mass is 10.2. The SMILES string of the molecule is CCOC(=O)C/C(C)=N/OS(=O)(=O)c1ccc(C)cc1. The lowest BCUT2D eigenvalue weighted by molar-refractivity contribution is -0.141. The van der Waals surface area contributed by atoms with Crippen LogP contribution in [0.1, 0.15) is 25.8 Å². The molecule has 0 saturated heterocycles. The fourth-order valence-corrected chi connectivity index (χ4v) is 2.09. The first-order chi connectivity index (χ1) is 9.35. The van der Waals surface area contributed by atoms with Crippen LogP contribution >= 0.6 is 0 Å². The van der Waals surface area contributed by atoms with E-state index >= 15 is 0 Å².